The van der Waals surface area contributed by atoms with Gasteiger partial charge in [-0.25, -0.2) is 0 Å². The number of likely N-dealkylation sites (tertiary alicyclic amines) is 1. The highest BCUT2D eigenvalue weighted by molar-refractivity contribution is 5.73. The average Bonchev–Trinajstić information content (AvgIpc) is 2.28. The van der Waals surface area contributed by atoms with E-state index in [-0.39, 0.29) is 0 Å². The molecule has 1 saturated heterocycles. The Morgan fingerprint density at radius 3 is 2.43 bits per heavy atom. The van der Waals surface area contributed by atoms with Crippen LogP contribution in [0.2, 0.25) is 0 Å². The molecule has 3 heteroatoms. The number of hydrogen-bond acceptors (Lipinski definition) is 2. The van der Waals surface area contributed by atoms with Gasteiger partial charge in [0.2, 0.25) is 0 Å². The van der Waals surface area contributed by atoms with E-state index in [1.54, 1.807) is 13.8 Å². The number of carbonyl (C=O) groups is 1. The summed E-state index contributed by atoms with van der Waals surface area (Å²) in [5.74, 6) is -0.706. The van der Waals surface area contributed by atoms with Gasteiger partial charge in [-0.05, 0) is 32.2 Å². The van der Waals surface area contributed by atoms with Crippen molar-refractivity contribution in [1.82, 2.24) is 4.90 Å². The molecule has 14 heavy (non-hydrogen) atoms. The topological polar surface area (TPSA) is 40.5 Å². The van der Waals surface area contributed by atoms with Gasteiger partial charge in [0, 0.05) is 13.1 Å². The smallest absolute Gasteiger partial charge is 0.310 e. The number of hydrogen-bond donors (Lipinski definition) is 1. The third-order valence-corrected chi connectivity index (χ3v) is 2.95. The Balaban J connectivity index is 2.51. The Kier molecular flexibility index (Phi) is 2.91. The fourth-order valence-corrected chi connectivity index (χ4v) is 1.99. The molecule has 0 atom stereocenters. The molecule has 0 spiro atoms. The normalized spacial score (nSPS) is 22.6. The van der Waals surface area contributed by atoms with Crippen LogP contribution in [0.25, 0.3) is 0 Å². The van der Waals surface area contributed by atoms with Crippen molar-refractivity contribution >= 4 is 5.97 Å². The molecule has 82 valence electrons. The van der Waals surface area contributed by atoms with Gasteiger partial charge in [0.05, 0.1) is 5.41 Å². The first-order chi connectivity index (χ1) is 6.23. The molecule has 0 aromatic carbocycles. The Labute approximate surface area is 86.1 Å². The minimum absolute atomic E-state index is 0.356. The maximum atomic E-state index is 10.9. The molecular formula is C11H21NO2. The van der Waals surface area contributed by atoms with Crippen molar-refractivity contribution in [2.24, 2.45) is 10.8 Å². The third-order valence-electron chi connectivity index (χ3n) is 2.95. The molecule has 0 aliphatic carbocycles. The number of nitrogens with zero attached hydrogens (tertiary/aromatic N) is 1. The molecule has 1 N–H and O–H groups in total. The largest absolute Gasteiger partial charge is 0.481 e. The fraction of sp³-hybridized carbons (Fsp3) is 0.909. The lowest BCUT2D eigenvalue weighted by molar-refractivity contribution is -0.147. The van der Waals surface area contributed by atoms with Crippen molar-refractivity contribution in [2.45, 2.75) is 34.1 Å². The summed E-state index contributed by atoms with van der Waals surface area (Å²) in [6, 6.07) is 0. The van der Waals surface area contributed by atoms with Crippen LogP contribution in [0.3, 0.4) is 0 Å². The highest BCUT2D eigenvalue weighted by Gasteiger charge is 2.35. The predicted octanol–water partition coefficient (Wildman–Crippen LogP) is 1.83. The van der Waals surface area contributed by atoms with Gasteiger partial charge in [-0.1, -0.05) is 13.8 Å². The zero-order chi connectivity index (χ0) is 11.0. The van der Waals surface area contributed by atoms with Crippen LogP contribution >= 0.6 is 0 Å². The van der Waals surface area contributed by atoms with Gasteiger partial charge in [-0.15, -0.1) is 0 Å². The van der Waals surface area contributed by atoms with Gasteiger partial charge in [-0.2, -0.15) is 0 Å². The average molecular weight is 199 g/mol. The number of carboxylic acid groups (broad SMARTS) is 1. The summed E-state index contributed by atoms with van der Waals surface area (Å²) in [6.45, 7) is 10.8. The number of rotatable bonds is 3. The highest BCUT2D eigenvalue weighted by atomic mass is 16.4. The minimum atomic E-state index is -0.706. The summed E-state index contributed by atoms with van der Waals surface area (Å²) in [5.41, 5.74) is -0.269. The van der Waals surface area contributed by atoms with E-state index in [0.29, 0.717) is 12.0 Å². The minimum Gasteiger partial charge on any atom is -0.481 e. The predicted molar refractivity (Wildman–Crippen MR) is 56.3 cm³/mol. The van der Waals surface area contributed by atoms with Gasteiger partial charge in [-0.3, -0.25) is 4.79 Å². The summed E-state index contributed by atoms with van der Waals surface area (Å²) in [4.78, 5) is 13.2. The maximum Gasteiger partial charge on any atom is 0.310 e. The van der Waals surface area contributed by atoms with Crippen molar-refractivity contribution in [1.29, 1.82) is 0 Å². The van der Waals surface area contributed by atoms with Gasteiger partial charge in [0.1, 0.15) is 0 Å². The third kappa shape index (κ3) is 2.71. The van der Waals surface area contributed by atoms with E-state index in [9.17, 15) is 4.79 Å². The van der Waals surface area contributed by atoms with Crippen LogP contribution in [0, 0.1) is 10.8 Å². The van der Waals surface area contributed by atoms with Crippen molar-refractivity contribution < 1.29 is 9.90 Å². The van der Waals surface area contributed by atoms with E-state index in [1.165, 1.54) is 6.42 Å². The first-order valence-corrected chi connectivity index (χ1v) is 5.19. The fourth-order valence-electron chi connectivity index (χ4n) is 1.99. The second kappa shape index (κ2) is 3.54. The molecule has 1 fully saturated rings. The molecule has 0 amide bonds. The molecule has 1 heterocycles. The van der Waals surface area contributed by atoms with E-state index in [2.05, 4.69) is 18.7 Å². The Morgan fingerprint density at radius 2 is 2.07 bits per heavy atom. The summed E-state index contributed by atoms with van der Waals surface area (Å²) < 4.78 is 0. The molecule has 0 saturated carbocycles. The quantitative estimate of drug-likeness (QED) is 0.754. The second-order valence-corrected chi connectivity index (χ2v) is 5.81. The zero-order valence-corrected chi connectivity index (χ0v) is 9.63. The second-order valence-electron chi connectivity index (χ2n) is 5.81. The van der Waals surface area contributed by atoms with Crippen LogP contribution in [0.5, 0.6) is 0 Å². The lowest BCUT2D eigenvalue weighted by atomic mass is 9.92. The zero-order valence-electron chi connectivity index (χ0n) is 9.63. The summed E-state index contributed by atoms with van der Waals surface area (Å²) in [6.07, 6.45) is 1.17. The summed E-state index contributed by atoms with van der Waals surface area (Å²) >= 11 is 0. The number of aliphatic carboxylic acids is 1. The van der Waals surface area contributed by atoms with Crippen molar-refractivity contribution in [2.75, 3.05) is 19.6 Å². The Hall–Kier alpha value is -0.570. The van der Waals surface area contributed by atoms with E-state index < -0.39 is 11.4 Å². The Bertz CT molecular complexity index is 233. The lowest BCUT2D eigenvalue weighted by Gasteiger charge is -2.27. The SMILES string of the molecule is CC1(C)CCN(CC(C)(C)C(=O)O)C1. The highest BCUT2D eigenvalue weighted by Crippen LogP contribution is 2.31. The van der Waals surface area contributed by atoms with Crippen molar-refractivity contribution in [3.63, 3.8) is 0 Å². The first kappa shape index (κ1) is 11.5. The van der Waals surface area contributed by atoms with E-state index in [4.69, 9.17) is 5.11 Å². The van der Waals surface area contributed by atoms with E-state index >= 15 is 0 Å². The number of carboxylic acids is 1. The maximum absolute atomic E-state index is 10.9. The van der Waals surface area contributed by atoms with Gasteiger partial charge in [0.15, 0.2) is 0 Å². The van der Waals surface area contributed by atoms with Crippen LogP contribution in [0.4, 0.5) is 0 Å². The molecule has 3 nitrogen and oxygen atoms in total. The van der Waals surface area contributed by atoms with Crippen LogP contribution < -0.4 is 0 Å². The first-order valence-electron chi connectivity index (χ1n) is 5.19. The molecule has 0 aromatic rings. The molecule has 0 bridgehead atoms. The standard InChI is InChI=1S/C11H21NO2/c1-10(2)5-6-12(7-10)8-11(3,4)9(13)14/h5-8H2,1-4H3,(H,13,14). The molecular weight excluding hydrogens is 178 g/mol. The molecule has 0 radical (unpaired) electrons. The van der Waals surface area contributed by atoms with Crippen LogP contribution in [-0.4, -0.2) is 35.6 Å². The summed E-state index contributed by atoms with van der Waals surface area (Å²) in [7, 11) is 0. The van der Waals surface area contributed by atoms with Crippen LogP contribution in [-0.2, 0) is 4.79 Å². The molecule has 1 aliphatic rings. The van der Waals surface area contributed by atoms with Gasteiger partial charge >= 0.3 is 5.97 Å². The van der Waals surface area contributed by atoms with Crippen molar-refractivity contribution in [3.05, 3.63) is 0 Å². The Morgan fingerprint density at radius 1 is 1.50 bits per heavy atom. The molecule has 0 aromatic heterocycles. The van der Waals surface area contributed by atoms with E-state index in [0.717, 1.165) is 13.1 Å². The molecule has 0 unspecified atom stereocenters. The van der Waals surface area contributed by atoms with Crippen LogP contribution in [0.15, 0.2) is 0 Å². The van der Waals surface area contributed by atoms with Gasteiger partial charge < -0.3 is 10.0 Å². The molecule has 1 rings (SSSR count). The van der Waals surface area contributed by atoms with Crippen molar-refractivity contribution in [3.8, 4) is 0 Å². The van der Waals surface area contributed by atoms with Crippen LogP contribution in [0.1, 0.15) is 34.1 Å². The monoisotopic (exact) mass is 199 g/mol. The summed E-state index contributed by atoms with van der Waals surface area (Å²) in [5, 5.41) is 9.01. The lowest BCUT2D eigenvalue weighted by Crippen LogP contribution is -2.38. The van der Waals surface area contributed by atoms with Gasteiger partial charge in [0.25, 0.3) is 0 Å². The molecule has 1 aliphatic heterocycles. The van der Waals surface area contributed by atoms with E-state index in [1.807, 2.05) is 0 Å².